The molecule has 3 fully saturated rings. The Morgan fingerprint density at radius 1 is 1.14 bits per heavy atom. The quantitative estimate of drug-likeness (QED) is 0.709. The molecule has 3 aliphatic rings. The van der Waals surface area contributed by atoms with Crippen molar-refractivity contribution in [3.05, 3.63) is 17.5 Å². The van der Waals surface area contributed by atoms with Crippen LogP contribution in [-0.4, -0.2) is 95.3 Å². The Balaban J connectivity index is 1.36. The van der Waals surface area contributed by atoms with Gasteiger partial charge in [0.25, 0.3) is 5.91 Å². The summed E-state index contributed by atoms with van der Waals surface area (Å²) in [4.78, 5) is 32.5. The van der Waals surface area contributed by atoms with Crippen molar-refractivity contribution in [3.8, 4) is 0 Å². The van der Waals surface area contributed by atoms with Gasteiger partial charge < -0.3 is 14.5 Å². The highest BCUT2D eigenvalue weighted by molar-refractivity contribution is 5.96. The van der Waals surface area contributed by atoms with Gasteiger partial charge in [-0.25, -0.2) is 0 Å². The van der Waals surface area contributed by atoms with E-state index in [4.69, 9.17) is 4.74 Å². The minimum atomic E-state index is -0.381. The van der Waals surface area contributed by atoms with Crippen molar-refractivity contribution in [2.24, 2.45) is 5.41 Å². The summed E-state index contributed by atoms with van der Waals surface area (Å²) in [5, 5.41) is 4.36. The second-order valence-corrected chi connectivity index (χ2v) is 8.62. The van der Waals surface area contributed by atoms with Crippen LogP contribution in [0.15, 0.2) is 6.20 Å². The van der Waals surface area contributed by atoms with Crippen LogP contribution in [0.1, 0.15) is 42.2 Å². The molecule has 0 radical (unpaired) electrons. The molecule has 1 aromatic rings. The summed E-state index contributed by atoms with van der Waals surface area (Å²) in [5.74, 6) is 0.251. The molecule has 0 bridgehead atoms. The molecule has 8 nitrogen and oxygen atoms in total. The summed E-state index contributed by atoms with van der Waals surface area (Å²) in [5.41, 5.74) is 1.21. The number of hydrogen-bond donors (Lipinski definition) is 0. The Morgan fingerprint density at radius 3 is 2.66 bits per heavy atom. The third-order valence-corrected chi connectivity index (χ3v) is 6.80. The van der Waals surface area contributed by atoms with E-state index in [-0.39, 0.29) is 17.2 Å². The molecule has 1 atom stereocenters. The molecular formula is C21H33N5O3. The van der Waals surface area contributed by atoms with Crippen molar-refractivity contribution in [2.45, 2.75) is 39.7 Å². The zero-order valence-corrected chi connectivity index (χ0v) is 17.7. The summed E-state index contributed by atoms with van der Waals surface area (Å²) in [7, 11) is 0. The molecule has 2 amide bonds. The highest BCUT2D eigenvalue weighted by Crippen LogP contribution is 2.41. The zero-order chi connectivity index (χ0) is 20.4. The lowest BCUT2D eigenvalue weighted by Gasteiger charge is -2.29. The van der Waals surface area contributed by atoms with Gasteiger partial charge >= 0.3 is 0 Å². The second-order valence-electron chi connectivity index (χ2n) is 8.62. The molecule has 3 aliphatic heterocycles. The van der Waals surface area contributed by atoms with Crippen molar-refractivity contribution in [2.75, 3.05) is 59.0 Å². The minimum Gasteiger partial charge on any atom is -0.379 e. The van der Waals surface area contributed by atoms with Gasteiger partial charge in [0.2, 0.25) is 5.91 Å². The highest BCUT2D eigenvalue weighted by Gasteiger charge is 2.51. The Hall–Kier alpha value is -1.93. The number of carbonyl (C=O) groups excluding carboxylic acids is 2. The summed E-state index contributed by atoms with van der Waals surface area (Å²) >= 11 is 0. The van der Waals surface area contributed by atoms with Crippen LogP contribution in [0.4, 0.5) is 0 Å². The number of rotatable bonds is 6. The van der Waals surface area contributed by atoms with Crippen LogP contribution in [0.2, 0.25) is 0 Å². The first-order valence-corrected chi connectivity index (χ1v) is 11.0. The first kappa shape index (κ1) is 20.3. The van der Waals surface area contributed by atoms with E-state index in [1.54, 1.807) is 6.20 Å². The number of nitrogens with zero attached hydrogens (tertiary/aromatic N) is 5. The number of aromatic nitrogens is 2. The second kappa shape index (κ2) is 8.44. The van der Waals surface area contributed by atoms with Crippen molar-refractivity contribution in [1.82, 2.24) is 24.5 Å². The average Bonchev–Trinajstić information content (AvgIpc) is 3.42. The van der Waals surface area contributed by atoms with Gasteiger partial charge in [-0.3, -0.25) is 19.2 Å². The van der Waals surface area contributed by atoms with Crippen molar-refractivity contribution in [3.63, 3.8) is 0 Å². The third-order valence-electron chi connectivity index (χ3n) is 6.80. The molecule has 0 saturated carbocycles. The molecule has 0 N–H and O–H groups in total. The van der Waals surface area contributed by atoms with Gasteiger partial charge in [0.15, 0.2) is 0 Å². The monoisotopic (exact) mass is 403 g/mol. The van der Waals surface area contributed by atoms with Gasteiger partial charge in [0.05, 0.1) is 30.4 Å². The fourth-order valence-electron chi connectivity index (χ4n) is 4.88. The average molecular weight is 404 g/mol. The Labute approximate surface area is 172 Å². The lowest BCUT2D eigenvalue weighted by Crippen LogP contribution is -2.43. The van der Waals surface area contributed by atoms with E-state index in [2.05, 4.69) is 16.9 Å². The van der Waals surface area contributed by atoms with Crippen molar-refractivity contribution >= 4 is 11.8 Å². The fraction of sp³-hybridized carbons (Fsp3) is 0.762. The summed E-state index contributed by atoms with van der Waals surface area (Å²) in [6.07, 6.45) is 4.29. The summed E-state index contributed by atoms with van der Waals surface area (Å²) in [6.45, 7) is 12.0. The molecule has 0 aromatic carbocycles. The van der Waals surface area contributed by atoms with E-state index in [1.807, 2.05) is 21.4 Å². The third kappa shape index (κ3) is 3.92. The van der Waals surface area contributed by atoms with Crippen LogP contribution in [0.25, 0.3) is 0 Å². The number of aryl methyl sites for hydroxylation is 1. The van der Waals surface area contributed by atoms with Crippen molar-refractivity contribution < 1.29 is 14.3 Å². The number of carbonyl (C=O) groups is 2. The number of likely N-dealkylation sites (tertiary alicyclic amines) is 2. The number of amides is 2. The molecule has 0 aliphatic carbocycles. The molecule has 29 heavy (non-hydrogen) atoms. The van der Waals surface area contributed by atoms with Crippen molar-refractivity contribution in [1.29, 1.82) is 0 Å². The SMILES string of the molecule is CCCn1ncc(C(=O)N2CCC3(CCN(CCN4CCOCC4)C3=O)C2)c1C. The summed E-state index contributed by atoms with van der Waals surface area (Å²) in [6, 6.07) is 0. The lowest BCUT2D eigenvalue weighted by molar-refractivity contribution is -0.135. The van der Waals surface area contributed by atoms with Crippen LogP contribution in [0.5, 0.6) is 0 Å². The predicted octanol–water partition coefficient (Wildman–Crippen LogP) is 0.998. The highest BCUT2D eigenvalue weighted by atomic mass is 16.5. The van der Waals surface area contributed by atoms with Crippen LogP contribution in [-0.2, 0) is 16.1 Å². The predicted molar refractivity (Wildman–Crippen MR) is 109 cm³/mol. The molecule has 160 valence electrons. The molecule has 1 spiro atoms. The first-order valence-electron chi connectivity index (χ1n) is 11.0. The Morgan fingerprint density at radius 2 is 1.90 bits per heavy atom. The maximum atomic E-state index is 13.2. The minimum absolute atomic E-state index is 0.0151. The van der Waals surface area contributed by atoms with E-state index in [1.165, 1.54) is 0 Å². The first-order chi connectivity index (χ1) is 14.0. The van der Waals surface area contributed by atoms with Gasteiger partial charge in [-0.1, -0.05) is 6.92 Å². The molecule has 4 heterocycles. The van der Waals surface area contributed by atoms with E-state index < -0.39 is 0 Å². The maximum Gasteiger partial charge on any atom is 0.257 e. The van der Waals surface area contributed by atoms with Crippen LogP contribution < -0.4 is 0 Å². The number of ether oxygens (including phenoxy) is 1. The topological polar surface area (TPSA) is 70.9 Å². The smallest absolute Gasteiger partial charge is 0.257 e. The largest absolute Gasteiger partial charge is 0.379 e. The lowest BCUT2D eigenvalue weighted by atomic mass is 9.85. The molecule has 1 aromatic heterocycles. The number of hydrogen-bond acceptors (Lipinski definition) is 5. The molecule has 8 heteroatoms. The van der Waals surface area contributed by atoms with Gasteiger partial charge in [0.1, 0.15) is 0 Å². The molecule has 4 rings (SSSR count). The Kier molecular flexibility index (Phi) is 5.92. The fourth-order valence-corrected chi connectivity index (χ4v) is 4.88. The Bertz CT molecular complexity index is 757. The summed E-state index contributed by atoms with van der Waals surface area (Å²) < 4.78 is 7.29. The molecular weight excluding hydrogens is 370 g/mol. The van der Waals surface area contributed by atoms with Gasteiger partial charge in [-0.05, 0) is 26.2 Å². The van der Waals surface area contributed by atoms with E-state index in [0.717, 1.165) is 77.4 Å². The van der Waals surface area contributed by atoms with Gasteiger partial charge in [-0.15, -0.1) is 0 Å². The van der Waals surface area contributed by atoms with Crippen LogP contribution in [0, 0.1) is 12.3 Å². The standard InChI is InChI=1S/C21H33N5O3/c1-3-6-26-17(2)18(15-22-26)19(27)25-8-5-21(16-25)4-7-24(20(21)28)10-9-23-11-13-29-14-12-23/h15H,3-14,16H2,1-2H3. The van der Waals surface area contributed by atoms with E-state index in [9.17, 15) is 9.59 Å². The van der Waals surface area contributed by atoms with E-state index in [0.29, 0.717) is 18.7 Å². The number of morpholine rings is 1. The molecule has 3 saturated heterocycles. The van der Waals surface area contributed by atoms with Gasteiger partial charge in [-0.2, -0.15) is 5.10 Å². The normalized spacial score (nSPS) is 25.5. The zero-order valence-electron chi connectivity index (χ0n) is 17.7. The van der Waals surface area contributed by atoms with E-state index >= 15 is 0 Å². The van der Waals surface area contributed by atoms with Crippen LogP contribution >= 0.6 is 0 Å². The van der Waals surface area contributed by atoms with Gasteiger partial charge in [0, 0.05) is 58.1 Å². The maximum absolute atomic E-state index is 13.2. The van der Waals surface area contributed by atoms with Crippen LogP contribution in [0.3, 0.4) is 0 Å². The molecule has 1 unspecified atom stereocenters.